The van der Waals surface area contributed by atoms with Gasteiger partial charge in [-0.3, -0.25) is 4.90 Å². The number of fused-ring (bicyclic) bond motifs is 1. The maximum atomic E-state index is 13.9. The van der Waals surface area contributed by atoms with Crippen LogP contribution in [0.5, 0.6) is 0 Å². The molecule has 0 saturated heterocycles. The van der Waals surface area contributed by atoms with Crippen LogP contribution in [0.4, 0.5) is 29.8 Å². The van der Waals surface area contributed by atoms with E-state index in [9.17, 15) is 13.2 Å². The lowest BCUT2D eigenvalue weighted by molar-refractivity contribution is -0.137. The third kappa shape index (κ3) is 4.76. The Morgan fingerprint density at radius 1 is 1.18 bits per heavy atom. The molecule has 3 aromatic rings. The third-order valence-corrected chi connectivity index (χ3v) is 8.06. The summed E-state index contributed by atoms with van der Waals surface area (Å²) in [7, 11) is 2.07. The summed E-state index contributed by atoms with van der Waals surface area (Å²) in [6.07, 6.45) is 1.25. The summed E-state index contributed by atoms with van der Waals surface area (Å²) >= 11 is 2.84. The second kappa shape index (κ2) is 9.05. The molecule has 2 N–H and O–H groups in total. The van der Waals surface area contributed by atoms with Gasteiger partial charge in [-0.2, -0.15) is 13.2 Å². The molecular weight excluding hydrogens is 479 g/mol. The van der Waals surface area contributed by atoms with Gasteiger partial charge in [-0.15, -0.1) is 23.1 Å². The number of hydrogen-bond donors (Lipinski definition) is 2. The van der Waals surface area contributed by atoms with E-state index in [0.717, 1.165) is 59.7 Å². The molecule has 10 heteroatoms. The van der Waals surface area contributed by atoms with Crippen molar-refractivity contribution in [3.63, 3.8) is 0 Å². The molecule has 1 aromatic carbocycles. The number of thiophene rings is 1. The summed E-state index contributed by atoms with van der Waals surface area (Å²) in [4.78, 5) is 12.1. The molecule has 3 heterocycles. The molecule has 180 valence electrons. The molecule has 0 unspecified atom stereocenters. The van der Waals surface area contributed by atoms with Gasteiger partial charge in [0.15, 0.2) is 0 Å². The van der Waals surface area contributed by atoms with Crippen LogP contribution in [0.15, 0.2) is 29.3 Å². The molecule has 5 rings (SSSR count). The Morgan fingerprint density at radius 3 is 2.56 bits per heavy atom. The lowest BCUT2D eigenvalue weighted by Gasteiger charge is -2.15. The van der Waals surface area contributed by atoms with E-state index in [4.69, 9.17) is 0 Å². The topological polar surface area (TPSA) is 53.1 Å². The Hall–Kier alpha value is -2.30. The van der Waals surface area contributed by atoms with Gasteiger partial charge < -0.3 is 10.6 Å². The molecule has 2 aliphatic rings. The van der Waals surface area contributed by atoms with Crippen molar-refractivity contribution >= 4 is 39.7 Å². The number of nitrogens with one attached hydrogen (secondary N) is 2. The molecule has 1 aliphatic heterocycles. The zero-order chi connectivity index (χ0) is 24.0. The molecule has 1 fully saturated rings. The van der Waals surface area contributed by atoms with Gasteiger partial charge in [0.25, 0.3) is 0 Å². The summed E-state index contributed by atoms with van der Waals surface area (Å²) in [5.41, 5.74) is 3.53. The van der Waals surface area contributed by atoms with E-state index in [0.29, 0.717) is 10.9 Å². The fourth-order valence-electron chi connectivity index (χ4n) is 4.20. The number of alkyl halides is 3. The van der Waals surface area contributed by atoms with Gasteiger partial charge in [0, 0.05) is 35.9 Å². The van der Waals surface area contributed by atoms with Crippen molar-refractivity contribution in [2.45, 2.75) is 56.4 Å². The van der Waals surface area contributed by atoms with Gasteiger partial charge in [-0.05, 0) is 61.4 Å². The van der Waals surface area contributed by atoms with Gasteiger partial charge in [-0.1, -0.05) is 13.0 Å². The van der Waals surface area contributed by atoms with Crippen LogP contribution in [0.25, 0.3) is 10.6 Å². The van der Waals surface area contributed by atoms with Crippen molar-refractivity contribution in [2.75, 3.05) is 23.9 Å². The average molecular weight is 506 g/mol. The SMILES string of the molecule is CCc1cc2c(cc1Nc1ncc(C(F)(F)F)c(-c3cc(SC)c(NC4CC4)s3)n1)CN(C)C2. The number of rotatable bonds is 7. The Balaban J connectivity index is 1.53. The highest BCUT2D eigenvalue weighted by atomic mass is 32.2. The highest BCUT2D eigenvalue weighted by molar-refractivity contribution is 7.99. The normalized spacial score (nSPS) is 16.1. The maximum Gasteiger partial charge on any atom is 0.420 e. The number of thioether (sulfide) groups is 1. The van der Waals surface area contributed by atoms with E-state index < -0.39 is 11.7 Å². The molecule has 0 radical (unpaired) electrons. The van der Waals surface area contributed by atoms with E-state index in [1.807, 2.05) is 6.26 Å². The maximum absolute atomic E-state index is 13.9. The standard InChI is InChI=1S/C24H26F3N5S2/c1-4-13-7-14-11-32(2)12-15(14)8-18(13)30-23-28-10-17(24(25,26)27)21(31-23)19-9-20(33-3)22(34-19)29-16-5-6-16/h7-10,16,29H,4-6,11-12H2,1-3H3,(H,28,30,31). The summed E-state index contributed by atoms with van der Waals surface area (Å²) in [5, 5.41) is 7.55. The first-order chi connectivity index (χ1) is 16.2. The van der Waals surface area contributed by atoms with Crippen molar-refractivity contribution < 1.29 is 13.2 Å². The fourth-order valence-corrected chi connectivity index (χ4v) is 6.16. The van der Waals surface area contributed by atoms with Gasteiger partial charge in [0.2, 0.25) is 5.95 Å². The Bertz CT molecular complexity index is 1220. The van der Waals surface area contributed by atoms with Crippen LogP contribution in [0.3, 0.4) is 0 Å². The Morgan fingerprint density at radius 2 is 1.91 bits per heavy atom. The molecule has 1 saturated carbocycles. The molecule has 0 bridgehead atoms. The molecule has 34 heavy (non-hydrogen) atoms. The number of hydrogen-bond acceptors (Lipinski definition) is 7. The van der Waals surface area contributed by atoms with Gasteiger partial charge in [-0.25, -0.2) is 9.97 Å². The lowest BCUT2D eigenvalue weighted by Crippen LogP contribution is -2.11. The second-order valence-electron chi connectivity index (χ2n) is 8.81. The highest BCUT2D eigenvalue weighted by Gasteiger charge is 2.36. The van der Waals surface area contributed by atoms with Crippen molar-refractivity contribution in [3.8, 4) is 10.6 Å². The van der Waals surface area contributed by atoms with Crippen molar-refractivity contribution in [2.24, 2.45) is 0 Å². The smallest absolute Gasteiger partial charge is 0.373 e. The molecule has 2 aromatic heterocycles. The van der Waals surface area contributed by atoms with Crippen LogP contribution in [0.1, 0.15) is 42.0 Å². The first-order valence-corrected chi connectivity index (χ1v) is 13.3. The minimum absolute atomic E-state index is 0.0897. The van der Waals surface area contributed by atoms with Gasteiger partial charge in [0.1, 0.15) is 10.6 Å². The molecule has 0 spiro atoms. The van der Waals surface area contributed by atoms with E-state index in [1.54, 1.807) is 6.07 Å². The predicted molar refractivity (Wildman–Crippen MR) is 133 cm³/mol. The molecule has 0 atom stereocenters. The van der Waals surface area contributed by atoms with Crippen molar-refractivity contribution in [1.29, 1.82) is 0 Å². The lowest BCUT2D eigenvalue weighted by atomic mass is 10.0. The zero-order valence-corrected chi connectivity index (χ0v) is 20.8. The number of benzene rings is 1. The average Bonchev–Trinajstić information content (AvgIpc) is 3.39. The second-order valence-corrected chi connectivity index (χ2v) is 10.7. The number of aryl methyl sites for hydroxylation is 1. The van der Waals surface area contributed by atoms with Crippen LogP contribution >= 0.6 is 23.1 Å². The quantitative estimate of drug-likeness (QED) is 0.346. The van der Waals surface area contributed by atoms with Crippen LogP contribution in [0, 0.1) is 0 Å². The zero-order valence-electron chi connectivity index (χ0n) is 19.2. The fraction of sp³-hybridized carbons (Fsp3) is 0.417. The minimum atomic E-state index is -4.55. The van der Waals surface area contributed by atoms with E-state index in [1.165, 1.54) is 34.2 Å². The minimum Gasteiger partial charge on any atom is -0.373 e. The summed E-state index contributed by atoms with van der Waals surface area (Å²) < 4.78 is 41.7. The van der Waals surface area contributed by atoms with E-state index in [-0.39, 0.29) is 11.6 Å². The number of nitrogens with zero attached hydrogens (tertiary/aromatic N) is 3. The van der Waals surface area contributed by atoms with Gasteiger partial charge >= 0.3 is 6.18 Å². The Labute approximate surface area is 205 Å². The monoisotopic (exact) mass is 505 g/mol. The first kappa shape index (κ1) is 23.4. The summed E-state index contributed by atoms with van der Waals surface area (Å²) in [6, 6.07) is 6.46. The number of aromatic nitrogens is 2. The summed E-state index contributed by atoms with van der Waals surface area (Å²) in [6.45, 7) is 3.81. The summed E-state index contributed by atoms with van der Waals surface area (Å²) in [5.74, 6) is 0.166. The van der Waals surface area contributed by atoms with E-state index in [2.05, 4.69) is 51.6 Å². The molecule has 0 amide bonds. The third-order valence-electron chi connectivity index (χ3n) is 6.09. The largest absolute Gasteiger partial charge is 0.420 e. The first-order valence-electron chi connectivity index (χ1n) is 11.2. The highest BCUT2D eigenvalue weighted by Crippen LogP contribution is 2.45. The predicted octanol–water partition coefficient (Wildman–Crippen LogP) is 6.77. The van der Waals surface area contributed by atoms with Crippen molar-refractivity contribution in [1.82, 2.24) is 14.9 Å². The van der Waals surface area contributed by atoms with E-state index >= 15 is 0 Å². The molecule has 5 nitrogen and oxygen atoms in total. The molecular formula is C24H26F3N5S2. The van der Waals surface area contributed by atoms with Gasteiger partial charge in [0.05, 0.1) is 10.6 Å². The molecule has 1 aliphatic carbocycles. The Kier molecular flexibility index (Phi) is 6.24. The number of anilines is 3. The van der Waals surface area contributed by atoms with Crippen molar-refractivity contribution in [3.05, 3.63) is 46.6 Å². The number of halogens is 3. The van der Waals surface area contributed by atoms with Crippen LogP contribution < -0.4 is 10.6 Å². The van der Waals surface area contributed by atoms with Crippen LogP contribution in [-0.2, 0) is 25.7 Å². The van der Waals surface area contributed by atoms with Crippen LogP contribution in [-0.4, -0.2) is 34.2 Å². The van der Waals surface area contributed by atoms with Crippen LogP contribution in [0.2, 0.25) is 0 Å².